The normalized spacial score (nSPS) is 16.6. The van der Waals surface area contributed by atoms with Gasteiger partial charge in [-0.15, -0.1) is 5.10 Å². The number of nitrogens with zero attached hydrogens (tertiary/aromatic N) is 5. The van der Waals surface area contributed by atoms with Gasteiger partial charge in [-0.25, -0.2) is 0 Å². The molecule has 6 heteroatoms. The largest absolute Gasteiger partial charge is 0.333 e. The third kappa shape index (κ3) is 2.94. The Morgan fingerprint density at radius 3 is 2.64 bits per heavy atom. The van der Waals surface area contributed by atoms with Crippen LogP contribution in [0.15, 0.2) is 18.2 Å². The van der Waals surface area contributed by atoms with Crippen LogP contribution in [0.4, 0.5) is 0 Å². The van der Waals surface area contributed by atoms with Crippen LogP contribution < -0.4 is 0 Å². The Morgan fingerprint density at radius 2 is 1.96 bits per heavy atom. The fourth-order valence-electron chi connectivity index (χ4n) is 3.93. The summed E-state index contributed by atoms with van der Waals surface area (Å²) in [4.78, 5) is 14.4. The molecule has 1 aromatic heterocycles. The van der Waals surface area contributed by atoms with E-state index in [0.29, 0.717) is 6.42 Å². The van der Waals surface area contributed by atoms with Gasteiger partial charge < -0.3 is 4.90 Å². The molecule has 1 heterocycles. The summed E-state index contributed by atoms with van der Waals surface area (Å²) in [6, 6.07) is 6.16. The molecular weight excluding hydrogens is 314 g/mol. The van der Waals surface area contributed by atoms with Crippen molar-refractivity contribution in [3.63, 3.8) is 0 Å². The van der Waals surface area contributed by atoms with E-state index in [-0.39, 0.29) is 5.91 Å². The molecule has 2 aromatic rings. The van der Waals surface area contributed by atoms with Crippen LogP contribution in [-0.4, -0.2) is 38.1 Å². The number of benzene rings is 1. The molecule has 3 rings (SSSR count). The second-order valence-corrected chi connectivity index (χ2v) is 7.03. The van der Waals surface area contributed by atoms with E-state index < -0.39 is 5.54 Å². The molecule has 1 aliphatic carbocycles. The molecule has 1 amide bonds. The highest BCUT2D eigenvalue weighted by Gasteiger charge is 2.44. The van der Waals surface area contributed by atoms with Crippen LogP contribution in [0.1, 0.15) is 62.4 Å². The van der Waals surface area contributed by atoms with E-state index >= 15 is 0 Å². The van der Waals surface area contributed by atoms with Gasteiger partial charge in [-0.1, -0.05) is 38.3 Å². The van der Waals surface area contributed by atoms with Gasteiger partial charge in [-0.05, 0) is 54.3 Å². The van der Waals surface area contributed by atoms with Gasteiger partial charge in [0.1, 0.15) is 5.54 Å². The number of amides is 1. The first-order chi connectivity index (χ1) is 12.0. The molecule has 0 bridgehead atoms. The number of aromatic nitrogens is 4. The van der Waals surface area contributed by atoms with E-state index in [9.17, 15) is 4.79 Å². The summed E-state index contributed by atoms with van der Waals surface area (Å²) in [7, 11) is 1.90. The summed E-state index contributed by atoms with van der Waals surface area (Å²) >= 11 is 0. The number of tetrazole rings is 1. The zero-order chi connectivity index (χ0) is 18.0. The maximum atomic E-state index is 12.5. The number of rotatable bonds is 4. The predicted molar refractivity (Wildman–Crippen MR) is 96.5 cm³/mol. The molecule has 1 aliphatic rings. The summed E-state index contributed by atoms with van der Waals surface area (Å²) < 4.78 is 1.84. The smallest absolute Gasteiger partial charge is 0.222 e. The number of carbonyl (C=O) groups excluding carboxylic acids is 1. The lowest BCUT2D eigenvalue weighted by Crippen LogP contribution is -2.50. The van der Waals surface area contributed by atoms with Crippen LogP contribution in [0.5, 0.6) is 0 Å². The van der Waals surface area contributed by atoms with Crippen molar-refractivity contribution in [3.05, 3.63) is 35.2 Å². The zero-order valence-corrected chi connectivity index (χ0v) is 15.6. The van der Waals surface area contributed by atoms with Gasteiger partial charge in [-0.2, -0.15) is 4.68 Å². The Bertz CT molecular complexity index is 761. The first kappa shape index (κ1) is 17.6. The molecular formula is C19H27N5O. The maximum absolute atomic E-state index is 12.5. The molecule has 0 atom stereocenters. The quantitative estimate of drug-likeness (QED) is 0.856. The summed E-state index contributed by atoms with van der Waals surface area (Å²) in [5.41, 5.74) is 2.92. The molecule has 25 heavy (non-hydrogen) atoms. The minimum Gasteiger partial charge on any atom is -0.333 e. The SMILES string of the molecule is CCC(=O)N(C)C1(c2nnnn2-c2cccc(C)c2C)CCCCC1. The van der Waals surface area contributed by atoms with Gasteiger partial charge in [0, 0.05) is 13.5 Å². The van der Waals surface area contributed by atoms with Crippen LogP contribution in [-0.2, 0) is 10.3 Å². The Labute approximate surface area is 149 Å². The fraction of sp³-hybridized carbons (Fsp3) is 0.579. The minimum atomic E-state index is -0.426. The van der Waals surface area contributed by atoms with Crippen LogP contribution >= 0.6 is 0 Å². The Kier molecular flexibility index (Phi) is 4.88. The molecule has 1 fully saturated rings. The van der Waals surface area contributed by atoms with E-state index in [1.807, 2.05) is 35.7 Å². The average Bonchev–Trinajstić information content (AvgIpc) is 3.13. The second kappa shape index (κ2) is 6.94. The highest BCUT2D eigenvalue weighted by molar-refractivity contribution is 5.76. The lowest BCUT2D eigenvalue weighted by atomic mass is 9.79. The zero-order valence-electron chi connectivity index (χ0n) is 15.6. The fourth-order valence-corrected chi connectivity index (χ4v) is 3.93. The first-order valence-corrected chi connectivity index (χ1v) is 9.13. The van der Waals surface area contributed by atoms with Crippen molar-refractivity contribution in [2.45, 2.75) is 64.8 Å². The van der Waals surface area contributed by atoms with Crippen LogP contribution in [0, 0.1) is 13.8 Å². The molecule has 0 aliphatic heterocycles. The van der Waals surface area contributed by atoms with Gasteiger partial charge in [0.05, 0.1) is 5.69 Å². The van der Waals surface area contributed by atoms with E-state index in [2.05, 4.69) is 35.4 Å². The number of carbonyl (C=O) groups is 1. The lowest BCUT2D eigenvalue weighted by Gasteiger charge is -2.43. The monoisotopic (exact) mass is 341 g/mol. The highest BCUT2D eigenvalue weighted by Crippen LogP contribution is 2.41. The maximum Gasteiger partial charge on any atom is 0.222 e. The topological polar surface area (TPSA) is 63.9 Å². The average molecular weight is 341 g/mol. The van der Waals surface area contributed by atoms with E-state index in [1.165, 1.54) is 12.0 Å². The van der Waals surface area contributed by atoms with Gasteiger partial charge in [-0.3, -0.25) is 4.79 Å². The van der Waals surface area contributed by atoms with Crippen molar-refractivity contribution in [1.82, 2.24) is 25.1 Å². The molecule has 0 unspecified atom stereocenters. The summed E-state index contributed by atoms with van der Waals surface area (Å²) in [6.07, 6.45) is 5.66. The molecule has 6 nitrogen and oxygen atoms in total. The number of aryl methyl sites for hydroxylation is 1. The predicted octanol–water partition coefficient (Wildman–Crippen LogP) is 3.31. The lowest BCUT2D eigenvalue weighted by molar-refractivity contribution is -0.137. The Hall–Kier alpha value is -2.24. The van der Waals surface area contributed by atoms with Crippen molar-refractivity contribution in [2.75, 3.05) is 7.05 Å². The standard InChI is InChI=1S/C19H27N5O/c1-5-17(25)23(4)19(12-7-6-8-13-19)18-20-21-22-24(18)16-11-9-10-14(2)15(16)3/h9-11H,5-8,12-13H2,1-4H3. The molecule has 1 aromatic carbocycles. The molecule has 0 spiro atoms. The van der Waals surface area contributed by atoms with Crippen molar-refractivity contribution in [2.24, 2.45) is 0 Å². The Morgan fingerprint density at radius 1 is 1.24 bits per heavy atom. The van der Waals surface area contributed by atoms with E-state index in [4.69, 9.17) is 0 Å². The second-order valence-electron chi connectivity index (χ2n) is 7.03. The van der Waals surface area contributed by atoms with Crippen molar-refractivity contribution < 1.29 is 4.79 Å². The third-order valence-corrected chi connectivity index (χ3v) is 5.69. The van der Waals surface area contributed by atoms with Gasteiger partial charge >= 0.3 is 0 Å². The van der Waals surface area contributed by atoms with Crippen molar-refractivity contribution in [3.8, 4) is 5.69 Å². The van der Waals surface area contributed by atoms with E-state index in [0.717, 1.165) is 42.8 Å². The Balaban J connectivity index is 2.14. The number of hydrogen-bond acceptors (Lipinski definition) is 4. The number of hydrogen-bond donors (Lipinski definition) is 0. The van der Waals surface area contributed by atoms with Crippen LogP contribution in [0.25, 0.3) is 5.69 Å². The van der Waals surface area contributed by atoms with Gasteiger partial charge in [0.2, 0.25) is 5.91 Å². The summed E-state index contributed by atoms with van der Waals surface area (Å²) in [5, 5.41) is 12.7. The minimum absolute atomic E-state index is 0.136. The first-order valence-electron chi connectivity index (χ1n) is 9.13. The molecule has 0 radical (unpaired) electrons. The molecule has 134 valence electrons. The summed E-state index contributed by atoms with van der Waals surface area (Å²) in [5.74, 6) is 0.919. The highest BCUT2D eigenvalue weighted by atomic mass is 16.2. The van der Waals surface area contributed by atoms with Crippen molar-refractivity contribution >= 4 is 5.91 Å². The van der Waals surface area contributed by atoms with E-state index in [1.54, 1.807) is 0 Å². The van der Waals surface area contributed by atoms with Crippen molar-refractivity contribution in [1.29, 1.82) is 0 Å². The van der Waals surface area contributed by atoms with Gasteiger partial charge in [0.25, 0.3) is 0 Å². The summed E-state index contributed by atoms with van der Waals surface area (Å²) in [6.45, 7) is 6.08. The van der Waals surface area contributed by atoms with Crippen LogP contribution in [0.3, 0.4) is 0 Å². The van der Waals surface area contributed by atoms with Gasteiger partial charge in [0.15, 0.2) is 5.82 Å². The third-order valence-electron chi connectivity index (χ3n) is 5.69. The van der Waals surface area contributed by atoms with Crippen LogP contribution in [0.2, 0.25) is 0 Å². The molecule has 0 N–H and O–H groups in total. The molecule has 1 saturated carbocycles. The molecule has 0 saturated heterocycles.